The number of non-ortho nitro benzene ring substituents is 1. The Morgan fingerprint density at radius 3 is 2.76 bits per heavy atom. The molecule has 114 valence electrons. The van der Waals surface area contributed by atoms with Crippen molar-refractivity contribution in [1.82, 2.24) is 9.97 Å². The molecule has 1 aromatic heterocycles. The Morgan fingerprint density at radius 1 is 1.33 bits per heavy atom. The minimum absolute atomic E-state index is 0.0438. The zero-order valence-corrected chi connectivity index (χ0v) is 10.9. The van der Waals surface area contributed by atoms with Crippen LogP contribution in [0.1, 0.15) is 19.3 Å². The van der Waals surface area contributed by atoms with E-state index in [0.29, 0.717) is 29.9 Å². The zero-order valence-electron chi connectivity index (χ0n) is 10.9. The third kappa shape index (κ3) is 4.33. The number of unbranched alkanes of at least 4 members (excludes halogenated alkanes) is 1. The van der Waals surface area contributed by atoms with Gasteiger partial charge in [-0.05, 0) is 18.9 Å². The van der Waals surface area contributed by atoms with Crippen LogP contribution in [0.4, 0.5) is 24.8 Å². The number of hydrogen-bond donors (Lipinski definition) is 2. The number of anilines is 1. The zero-order chi connectivity index (χ0) is 15.5. The van der Waals surface area contributed by atoms with E-state index in [4.69, 9.17) is 0 Å². The van der Waals surface area contributed by atoms with E-state index >= 15 is 0 Å². The quantitative estimate of drug-likeness (QED) is 0.485. The number of nitro benzene ring substituents is 1. The van der Waals surface area contributed by atoms with Gasteiger partial charge in [0.05, 0.1) is 16.0 Å². The van der Waals surface area contributed by atoms with Gasteiger partial charge in [0, 0.05) is 25.1 Å². The number of alkyl halides is 3. The van der Waals surface area contributed by atoms with Gasteiger partial charge in [-0.15, -0.1) is 0 Å². The fourth-order valence-electron chi connectivity index (χ4n) is 1.85. The van der Waals surface area contributed by atoms with Gasteiger partial charge < -0.3 is 10.3 Å². The van der Waals surface area contributed by atoms with Gasteiger partial charge in [-0.1, -0.05) is 0 Å². The molecule has 0 saturated heterocycles. The molecular weight excluding hydrogens is 289 g/mol. The molecule has 0 fully saturated rings. The molecule has 2 aromatic rings. The van der Waals surface area contributed by atoms with Crippen molar-refractivity contribution >= 4 is 22.7 Å². The summed E-state index contributed by atoms with van der Waals surface area (Å²) in [7, 11) is 0. The standard InChI is InChI=1S/C12H13F3N4O2/c13-12(14,15)5-1-2-6-16-11-17-9-4-3-8(19(20)21)7-10(9)18-11/h3-4,7H,1-2,5-6H2,(H2,16,17,18). The van der Waals surface area contributed by atoms with Crippen LogP contribution in [-0.2, 0) is 0 Å². The average Bonchev–Trinajstić information content (AvgIpc) is 2.78. The van der Waals surface area contributed by atoms with Crippen molar-refractivity contribution in [3.63, 3.8) is 0 Å². The largest absolute Gasteiger partial charge is 0.389 e. The first-order valence-electron chi connectivity index (χ1n) is 6.30. The molecule has 1 heterocycles. The summed E-state index contributed by atoms with van der Waals surface area (Å²) in [5, 5.41) is 13.5. The number of aromatic amines is 1. The lowest BCUT2D eigenvalue weighted by molar-refractivity contribution is -0.384. The lowest BCUT2D eigenvalue weighted by Gasteiger charge is -2.05. The monoisotopic (exact) mass is 302 g/mol. The second-order valence-electron chi connectivity index (χ2n) is 4.54. The summed E-state index contributed by atoms with van der Waals surface area (Å²) in [6, 6.07) is 4.21. The molecule has 0 aliphatic carbocycles. The molecule has 9 heteroatoms. The smallest absolute Gasteiger partial charge is 0.356 e. The van der Waals surface area contributed by atoms with E-state index in [-0.39, 0.29) is 12.1 Å². The summed E-state index contributed by atoms with van der Waals surface area (Å²) in [5.41, 5.74) is 1.00. The van der Waals surface area contributed by atoms with E-state index in [1.54, 1.807) is 0 Å². The number of nitro groups is 1. The molecule has 21 heavy (non-hydrogen) atoms. The Morgan fingerprint density at radius 2 is 2.10 bits per heavy atom. The van der Waals surface area contributed by atoms with Crippen molar-refractivity contribution in [2.75, 3.05) is 11.9 Å². The first-order chi connectivity index (χ1) is 9.85. The number of nitrogens with zero attached hydrogens (tertiary/aromatic N) is 2. The second kappa shape index (κ2) is 5.98. The minimum atomic E-state index is -4.13. The lowest BCUT2D eigenvalue weighted by atomic mass is 10.2. The maximum absolute atomic E-state index is 12.0. The maximum atomic E-state index is 12.0. The van der Waals surface area contributed by atoms with Crippen LogP contribution in [0.2, 0.25) is 0 Å². The van der Waals surface area contributed by atoms with Crippen LogP contribution in [0.25, 0.3) is 11.0 Å². The minimum Gasteiger partial charge on any atom is -0.356 e. The molecule has 0 amide bonds. The van der Waals surface area contributed by atoms with Gasteiger partial charge in [0.25, 0.3) is 5.69 Å². The first kappa shape index (κ1) is 15.1. The number of rotatable bonds is 6. The molecule has 0 aliphatic rings. The number of nitrogens with one attached hydrogen (secondary N) is 2. The van der Waals surface area contributed by atoms with Gasteiger partial charge in [0.1, 0.15) is 0 Å². The molecule has 0 radical (unpaired) electrons. The molecule has 0 atom stereocenters. The van der Waals surface area contributed by atoms with Crippen molar-refractivity contribution in [2.45, 2.75) is 25.4 Å². The van der Waals surface area contributed by atoms with Crippen molar-refractivity contribution in [3.05, 3.63) is 28.3 Å². The van der Waals surface area contributed by atoms with E-state index in [9.17, 15) is 23.3 Å². The van der Waals surface area contributed by atoms with Gasteiger partial charge in [-0.25, -0.2) is 4.98 Å². The van der Waals surface area contributed by atoms with E-state index in [2.05, 4.69) is 15.3 Å². The van der Waals surface area contributed by atoms with Crippen molar-refractivity contribution < 1.29 is 18.1 Å². The fraction of sp³-hybridized carbons (Fsp3) is 0.417. The first-order valence-corrected chi connectivity index (χ1v) is 6.30. The second-order valence-corrected chi connectivity index (χ2v) is 4.54. The molecule has 1 aromatic carbocycles. The summed E-state index contributed by atoms with van der Waals surface area (Å²) < 4.78 is 35.9. The molecule has 0 bridgehead atoms. The number of fused-ring (bicyclic) bond motifs is 1. The topological polar surface area (TPSA) is 83.8 Å². The number of benzene rings is 1. The van der Waals surface area contributed by atoms with Crippen LogP contribution >= 0.6 is 0 Å². The van der Waals surface area contributed by atoms with Crippen LogP contribution in [0, 0.1) is 10.1 Å². The summed E-state index contributed by atoms with van der Waals surface area (Å²) in [4.78, 5) is 17.1. The van der Waals surface area contributed by atoms with E-state index in [1.165, 1.54) is 18.2 Å². The van der Waals surface area contributed by atoms with E-state index < -0.39 is 17.5 Å². The molecule has 6 nitrogen and oxygen atoms in total. The summed E-state index contributed by atoms with van der Waals surface area (Å²) in [6.07, 6.45) is -4.53. The highest BCUT2D eigenvalue weighted by molar-refractivity contribution is 5.79. The Hall–Kier alpha value is -2.32. The fourth-order valence-corrected chi connectivity index (χ4v) is 1.85. The van der Waals surface area contributed by atoms with Crippen molar-refractivity contribution in [3.8, 4) is 0 Å². The number of hydrogen-bond acceptors (Lipinski definition) is 4. The number of imidazole rings is 1. The molecule has 0 aliphatic heterocycles. The van der Waals surface area contributed by atoms with Gasteiger partial charge >= 0.3 is 6.18 Å². The third-order valence-corrected chi connectivity index (χ3v) is 2.86. The Kier molecular flexibility index (Phi) is 4.29. The van der Waals surface area contributed by atoms with Gasteiger partial charge in [-0.3, -0.25) is 10.1 Å². The summed E-state index contributed by atoms with van der Waals surface area (Å²) in [5.74, 6) is 0.387. The predicted molar refractivity (Wildman–Crippen MR) is 71.1 cm³/mol. The van der Waals surface area contributed by atoms with E-state index in [1.807, 2.05) is 0 Å². The maximum Gasteiger partial charge on any atom is 0.389 e. The van der Waals surface area contributed by atoms with Crippen molar-refractivity contribution in [1.29, 1.82) is 0 Å². The van der Waals surface area contributed by atoms with Crippen LogP contribution in [0.15, 0.2) is 18.2 Å². The third-order valence-electron chi connectivity index (χ3n) is 2.86. The normalized spacial score (nSPS) is 11.8. The predicted octanol–water partition coefficient (Wildman–Crippen LogP) is 3.62. The van der Waals surface area contributed by atoms with Crippen LogP contribution in [0.5, 0.6) is 0 Å². The Balaban J connectivity index is 1.89. The number of aromatic nitrogens is 2. The summed E-state index contributed by atoms with van der Waals surface area (Å²) >= 11 is 0. The lowest BCUT2D eigenvalue weighted by Crippen LogP contribution is -2.09. The van der Waals surface area contributed by atoms with Crippen molar-refractivity contribution in [2.24, 2.45) is 0 Å². The molecule has 0 spiro atoms. The molecule has 0 unspecified atom stereocenters. The average molecular weight is 302 g/mol. The summed E-state index contributed by atoms with van der Waals surface area (Å²) in [6.45, 7) is 0.345. The SMILES string of the molecule is O=[N+]([O-])c1ccc2nc(NCCCCC(F)(F)F)[nH]c2c1. The van der Waals surface area contributed by atoms with E-state index in [0.717, 1.165) is 0 Å². The highest BCUT2D eigenvalue weighted by Crippen LogP contribution is 2.22. The Bertz CT molecular complexity index is 639. The highest BCUT2D eigenvalue weighted by atomic mass is 19.4. The van der Waals surface area contributed by atoms with Crippen LogP contribution < -0.4 is 5.32 Å². The van der Waals surface area contributed by atoms with Crippen LogP contribution in [0.3, 0.4) is 0 Å². The number of halogens is 3. The van der Waals surface area contributed by atoms with Gasteiger partial charge in [0.2, 0.25) is 5.95 Å². The van der Waals surface area contributed by atoms with Gasteiger partial charge in [0.15, 0.2) is 0 Å². The van der Waals surface area contributed by atoms with Crippen LogP contribution in [-0.4, -0.2) is 27.6 Å². The molecule has 2 rings (SSSR count). The molecule has 0 saturated carbocycles. The Labute approximate surface area is 117 Å². The highest BCUT2D eigenvalue weighted by Gasteiger charge is 2.25. The molecular formula is C12H13F3N4O2. The molecule has 2 N–H and O–H groups in total. The van der Waals surface area contributed by atoms with Gasteiger partial charge in [-0.2, -0.15) is 13.2 Å². The number of H-pyrrole nitrogens is 1.